The molecule has 0 aliphatic rings. The van der Waals surface area contributed by atoms with E-state index in [-0.39, 0.29) is 5.91 Å². The first-order valence-corrected chi connectivity index (χ1v) is 8.76. The Labute approximate surface area is 149 Å². The summed E-state index contributed by atoms with van der Waals surface area (Å²) < 4.78 is 7.26. The van der Waals surface area contributed by atoms with Crippen molar-refractivity contribution >= 4 is 28.8 Å². The van der Waals surface area contributed by atoms with Crippen LogP contribution in [0.15, 0.2) is 54.2 Å². The van der Waals surface area contributed by atoms with E-state index in [1.807, 2.05) is 40.5 Å². The highest BCUT2D eigenvalue weighted by atomic mass is 35.5. The van der Waals surface area contributed by atoms with Crippen molar-refractivity contribution in [1.82, 2.24) is 9.88 Å². The van der Waals surface area contributed by atoms with Crippen molar-refractivity contribution in [2.45, 2.75) is 6.42 Å². The van der Waals surface area contributed by atoms with Gasteiger partial charge in [-0.3, -0.25) is 4.79 Å². The van der Waals surface area contributed by atoms with Crippen LogP contribution in [0.4, 0.5) is 0 Å². The first-order chi connectivity index (χ1) is 11.7. The second-order valence-electron chi connectivity index (χ2n) is 5.18. The minimum Gasteiger partial charge on any atom is -0.496 e. The number of rotatable bonds is 6. The zero-order chi connectivity index (χ0) is 16.9. The summed E-state index contributed by atoms with van der Waals surface area (Å²) in [5.74, 6) is 0.307. The number of nitrogens with one attached hydrogen (secondary N) is 1. The molecule has 0 aliphatic heterocycles. The average Bonchev–Trinajstić information content (AvgIpc) is 3.28. The highest BCUT2D eigenvalue weighted by Gasteiger charge is 2.16. The molecule has 0 atom stereocenters. The molecule has 1 N–H and O–H groups in total. The Kier molecular flexibility index (Phi) is 5.23. The van der Waals surface area contributed by atoms with E-state index < -0.39 is 0 Å². The van der Waals surface area contributed by atoms with Crippen LogP contribution in [0.1, 0.15) is 15.2 Å². The lowest BCUT2D eigenvalue weighted by atomic mass is 10.1. The van der Waals surface area contributed by atoms with Gasteiger partial charge in [0.2, 0.25) is 0 Å². The molecule has 0 radical (unpaired) electrons. The third-order valence-electron chi connectivity index (χ3n) is 3.63. The van der Waals surface area contributed by atoms with Crippen molar-refractivity contribution in [2.75, 3.05) is 13.7 Å². The van der Waals surface area contributed by atoms with Gasteiger partial charge in [-0.25, -0.2) is 0 Å². The maximum absolute atomic E-state index is 12.4. The van der Waals surface area contributed by atoms with Gasteiger partial charge in [0.25, 0.3) is 5.91 Å². The highest BCUT2D eigenvalue weighted by molar-refractivity contribution is 7.09. The summed E-state index contributed by atoms with van der Waals surface area (Å²) in [5.41, 5.74) is 1.21. The number of carbonyl (C=O) groups excluding carboxylic acids is 1. The molecule has 0 spiro atoms. The lowest BCUT2D eigenvalue weighted by Gasteiger charge is -2.13. The summed E-state index contributed by atoms with van der Waals surface area (Å²) in [6, 6.07) is 11.3. The molecule has 2 heterocycles. The Bertz CT molecular complexity index is 814. The number of methoxy groups -OCH3 is 1. The number of thiophene rings is 1. The van der Waals surface area contributed by atoms with Gasteiger partial charge in [-0.05, 0) is 36.1 Å². The Morgan fingerprint density at radius 2 is 2.08 bits per heavy atom. The lowest BCUT2D eigenvalue weighted by molar-refractivity contribution is 0.0951. The van der Waals surface area contributed by atoms with Crippen molar-refractivity contribution in [3.05, 3.63) is 69.6 Å². The van der Waals surface area contributed by atoms with Crippen LogP contribution in [0.5, 0.6) is 5.75 Å². The van der Waals surface area contributed by atoms with Gasteiger partial charge < -0.3 is 14.6 Å². The van der Waals surface area contributed by atoms with Gasteiger partial charge in [0.05, 0.1) is 23.4 Å². The van der Waals surface area contributed by atoms with Crippen LogP contribution in [0.2, 0.25) is 5.02 Å². The summed E-state index contributed by atoms with van der Waals surface area (Å²) in [6.07, 6.45) is 4.59. The van der Waals surface area contributed by atoms with Crippen LogP contribution in [-0.4, -0.2) is 24.1 Å². The number of nitrogens with zero attached hydrogens (tertiary/aromatic N) is 1. The fourth-order valence-electron chi connectivity index (χ4n) is 2.43. The summed E-state index contributed by atoms with van der Waals surface area (Å²) in [5, 5.41) is 5.44. The molecule has 0 unspecified atom stereocenters. The van der Waals surface area contributed by atoms with Gasteiger partial charge in [0.1, 0.15) is 5.75 Å². The Hall–Kier alpha value is -2.24. The number of carbonyl (C=O) groups is 1. The zero-order valence-electron chi connectivity index (χ0n) is 13.2. The molecule has 124 valence electrons. The van der Waals surface area contributed by atoms with E-state index in [1.54, 1.807) is 30.6 Å². The van der Waals surface area contributed by atoms with E-state index >= 15 is 0 Å². The molecule has 0 bridgehead atoms. The molecule has 0 saturated heterocycles. The van der Waals surface area contributed by atoms with Crippen LogP contribution in [0, 0.1) is 0 Å². The van der Waals surface area contributed by atoms with Crippen molar-refractivity contribution in [3.63, 3.8) is 0 Å². The number of benzene rings is 1. The molecule has 0 saturated carbocycles. The van der Waals surface area contributed by atoms with Crippen LogP contribution in [0.3, 0.4) is 0 Å². The van der Waals surface area contributed by atoms with Gasteiger partial charge in [0, 0.05) is 29.9 Å². The highest BCUT2D eigenvalue weighted by Crippen LogP contribution is 2.30. The molecule has 24 heavy (non-hydrogen) atoms. The number of aromatic nitrogens is 1. The van der Waals surface area contributed by atoms with Gasteiger partial charge in [-0.1, -0.05) is 17.7 Å². The molecule has 6 heteroatoms. The molecule has 1 aromatic carbocycles. The maximum atomic E-state index is 12.4. The number of halogens is 1. The monoisotopic (exact) mass is 360 g/mol. The molecule has 3 rings (SSSR count). The number of amides is 1. The topological polar surface area (TPSA) is 43.3 Å². The van der Waals surface area contributed by atoms with E-state index in [2.05, 4.69) is 11.4 Å². The second kappa shape index (κ2) is 7.55. The first-order valence-electron chi connectivity index (χ1n) is 7.50. The molecule has 3 aromatic rings. The van der Waals surface area contributed by atoms with E-state index in [0.717, 1.165) is 12.1 Å². The summed E-state index contributed by atoms with van der Waals surface area (Å²) in [6.45, 7) is 0.569. The van der Waals surface area contributed by atoms with Crippen LogP contribution >= 0.6 is 22.9 Å². The normalized spacial score (nSPS) is 10.6. The smallest absolute Gasteiger partial charge is 0.255 e. The van der Waals surface area contributed by atoms with Crippen LogP contribution in [0.25, 0.3) is 5.69 Å². The number of hydrogen-bond donors (Lipinski definition) is 1. The summed E-state index contributed by atoms with van der Waals surface area (Å²) in [4.78, 5) is 13.7. The Balaban J connectivity index is 1.76. The Morgan fingerprint density at radius 3 is 2.75 bits per heavy atom. The standard InChI is InChI=1S/C18H17ClN2O2S/c1-23-17-12-16(21-8-2-3-9-21)15(19)11-14(17)18(22)20-7-6-13-5-4-10-24-13/h2-5,8-12H,6-7H2,1H3,(H,20,22). The van der Waals surface area contributed by atoms with Crippen molar-refractivity contribution in [3.8, 4) is 11.4 Å². The number of hydrogen-bond acceptors (Lipinski definition) is 3. The lowest BCUT2D eigenvalue weighted by Crippen LogP contribution is -2.26. The fourth-order valence-corrected chi connectivity index (χ4v) is 3.40. The molecule has 2 aromatic heterocycles. The quantitative estimate of drug-likeness (QED) is 0.716. The molecule has 0 fully saturated rings. The van der Waals surface area contributed by atoms with E-state index in [4.69, 9.17) is 16.3 Å². The predicted molar refractivity (Wildman–Crippen MR) is 97.7 cm³/mol. The van der Waals surface area contributed by atoms with Crippen LogP contribution in [-0.2, 0) is 6.42 Å². The van der Waals surface area contributed by atoms with E-state index in [0.29, 0.717) is 22.9 Å². The summed E-state index contributed by atoms with van der Waals surface area (Å²) >= 11 is 8.04. The minimum atomic E-state index is -0.190. The number of ether oxygens (including phenoxy) is 1. The summed E-state index contributed by atoms with van der Waals surface area (Å²) in [7, 11) is 1.55. The van der Waals surface area contributed by atoms with Crippen LogP contribution < -0.4 is 10.1 Å². The van der Waals surface area contributed by atoms with Gasteiger partial charge in [-0.2, -0.15) is 0 Å². The zero-order valence-corrected chi connectivity index (χ0v) is 14.7. The van der Waals surface area contributed by atoms with Crippen molar-refractivity contribution < 1.29 is 9.53 Å². The molecular weight excluding hydrogens is 344 g/mol. The molecule has 1 amide bonds. The van der Waals surface area contributed by atoms with Crippen molar-refractivity contribution in [2.24, 2.45) is 0 Å². The second-order valence-corrected chi connectivity index (χ2v) is 6.62. The van der Waals surface area contributed by atoms with Gasteiger partial charge in [-0.15, -0.1) is 11.3 Å². The fraction of sp³-hybridized carbons (Fsp3) is 0.167. The Morgan fingerprint density at radius 1 is 1.29 bits per heavy atom. The maximum Gasteiger partial charge on any atom is 0.255 e. The third-order valence-corrected chi connectivity index (χ3v) is 4.87. The average molecular weight is 361 g/mol. The molecular formula is C18H17ClN2O2S. The SMILES string of the molecule is COc1cc(-n2cccc2)c(Cl)cc1C(=O)NCCc1cccs1. The predicted octanol–water partition coefficient (Wildman–Crippen LogP) is 4.17. The van der Waals surface area contributed by atoms with E-state index in [9.17, 15) is 4.79 Å². The minimum absolute atomic E-state index is 0.190. The van der Waals surface area contributed by atoms with Gasteiger partial charge in [0.15, 0.2) is 0 Å². The first kappa shape index (κ1) is 16.6. The van der Waals surface area contributed by atoms with E-state index in [1.165, 1.54) is 4.88 Å². The molecule has 4 nitrogen and oxygen atoms in total. The molecule has 0 aliphatic carbocycles. The van der Waals surface area contributed by atoms with Gasteiger partial charge >= 0.3 is 0 Å². The third kappa shape index (κ3) is 3.63. The largest absolute Gasteiger partial charge is 0.496 e. The van der Waals surface area contributed by atoms with Crippen molar-refractivity contribution in [1.29, 1.82) is 0 Å².